The van der Waals surface area contributed by atoms with Gasteiger partial charge in [0.15, 0.2) is 5.65 Å². The summed E-state index contributed by atoms with van der Waals surface area (Å²) < 4.78 is 1.82. The van der Waals surface area contributed by atoms with Crippen LogP contribution in [0.1, 0.15) is 4.88 Å². The Morgan fingerprint density at radius 1 is 1.16 bits per heavy atom. The summed E-state index contributed by atoms with van der Waals surface area (Å²) in [7, 11) is 4.08. The summed E-state index contributed by atoms with van der Waals surface area (Å²) in [5.74, 6) is 1.67. The van der Waals surface area contributed by atoms with Crippen molar-refractivity contribution in [3.05, 3.63) is 28.6 Å². The minimum absolute atomic E-state index is 0.794. The molecule has 4 rings (SSSR count). The molecule has 0 aromatic carbocycles. The molecule has 0 saturated carbocycles. The van der Waals surface area contributed by atoms with Crippen LogP contribution in [0.4, 0.5) is 11.8 Å². The fourth-order valence-electron chi connectivity index (χ4n) is 3.05. The lowest BCUT2D eigenvalue weighted by Crippen LogP contribution is -2.45. The van der Waals surface area contributed by atoms with Gasteiger partial charge in [0, 0.05) is 44.6 Å². The van der Waals surface area contributed by atoms with Crippen LogP contribution in [-0.2, 0) is 13.5 Å². The van der Waals surface area contributed by atoms with Gasteiger partial charge in [-0.3, -0.25) is 4.68 Å². The van der Waals surface area contributed by atoms with Crippen LogP contribution < -0.4 is 10.2 Å². The van der Waals surface area contributed by atoms with Gasteiger partial charge in [-0.05, 0) is 24.9 Å². The molecule has 0 aliphatic carbocycles. The number of piperazine rings is 1. The van der Waals surface area contributed by atoms with Crippen molar-refractivity contribution in [2.45, 2.75) is 6.42 Å². The van der Waals surface area contributed by atoms with E-state index in [-0.39, 0.29) is 0 Å². The Labute approximate surface area is 151 Å². The van der Waals surface area contributed by atoms with E-state index < -0.39 is 0 Å². The molecule has 1 N–H and O–H groups in total. The molecule has 1 saturated heterocycles. The minimum atomic E-state index is 0.794. The highest BCUT2D eigenvalue weighted by Gasteiger charge is 2.19. The summed E-state index contributed by atoms with van der Waals surface area (Å²) >= 11 is 1.79. The number of anilines is 2. The smallest absolute Gasteiger partial charge is 0.229 e. The Hall–Kier alpha value is -2.19. The number of hydrogen-bond donors (Lipinski definition) is 1. The van der Waals surface area contributed by atoms with E-state index in [9.17, 15) is 0 Å². The summed E-state index contributed by atoms with van der Waals surface area (Å²) in [6, 6.07) is 4.26. The summed E-state index contributed by atoms with van der Waals surface area (Å²) in [6.45, 7) is 4.83. The first-order valence-corrected chi connectivity index (χ1v) is 9.48. The van der Waals surface area contributed by atoms with Gasteiger partial charge in [0.25, 0.3) is 0 Å². The molecule has 25 heavy (non-hydrogen) atoms. The van der Waals surface area contributed by atoms with Gasteiger partial charge in [0.1, 0.15) is 5.82 Å². The molecule has 0 atom stereocenters. The number of aryl methyl sites for hydroxylation is 1. The van der Waals surface area contributed by atoms with Crippen molar-refractivity contribution in [1.82, 2.24) is 24.6 Å². The first-order chi connectivity index (χ1) is 12.2. The average molecular weight is 357 g/mol. The van der Waals surface area contributed by atoms with E-state index >= 15 is 0 Å². The number of nitrogens with zero attached hydrogens (tertiary/aromatic N) is 6. The third-order valence-corrected chi connectivity index (χ3v) is 5.55. The zero-order chi connectivity index (χ0) is 17.2. The van der Waals surface area contributed by atoms with Gasteiger partial charge in [-0.1, -0.05) is 6.07 Å². The molecular weight excluding hydrogens is 334 g/mol. The molecule has 3 aromatic rings. The van der Waals surface area contributed by atoms with E-state index in [0.717, 1.165) is 61.9 Å². The van der Waals surface area contributed by atoms with Crippen molar-refractivity contribution in [1.29, 1.82) is 0 Å². The van der Waals surface area contributed by atoms with Crippen molar-refractivity contribution < 1.29 is 0 Å². The summed E-state index contributed by atoms with van der Waals surface area (Å²) in [5.41, 5.74) is 0.877. The van der Waals surface area contributed by atoms with Crippen LogP contribution >= 0.6 is 11.3 Å². The Morgan fingerprint density at radius 2 is 2.00 bits per heavy atom. The van der Waals surface area contributed by atoms with Crippen LogP contribution in [0, 0.1) is 0 Å². The number of aromatic nitrogens is 4. The average Bonchev–Trinajstić information content (AvgIpc) is 3.26. The third-order valence-electron chi connectivity index (χ3n) is 4.61. The summed E-state index contributed by atoms with van der Waals surface area (Å²) in [5, 5.41) is 10.9. The van der Waals surface area contributed by atoms with E-state index in [2.05, 4.69) is 44.8 Å². The number of rotatable bonds is 5. The second kappa shape index (κ2) is 6.97. The Bertz CT molecular complexity index is 834. The second-order valence-corrected chi connectivity index (χ2v) is 7.46. The van der Waals surface area contributed by atoms with Crippen LogP contribution in [-0.4, -0.2) is 64.4 Å². The van der Waals surface area contributed by atoms with E-state index in [0.29, 0.717) is 0 Å². The molecule has 7 nitrogen and oxygen atoms in total. The standard InChI is InChI=1S/C17H23N7S/c1-22-7-9-24(10-8-22)17-20-15(14-12-19-23(2)16(14)21-17)18-6-5-13-4-3-11-25-13/h3-4,11-12H,5-10H2,1-2H3,(H,18,20,21). The SMILES string of the molecule is CN1CCN(c2nc(NCCc3cccs3)c3cnn(C)c3n2)CC1. The highest BCUT2D eigenvalue weighted by atomic mass is 32.1. The lowest BCUT2D eigenvalue weighted by Gasteiger charge is -2.32. The third kappa shape index (κ3) is 3.45. The number of hydrogen-bond acceptors (Lipinski definition) is 7. The highest BCUT2D eigenvalue weighted by molar-refractivity contribution is 7.09. The zero-order valence-electron chi connectivity index (χ0n) is 14.6. The minimum Gasteiger partial charge on any atom is -0.369 e. The van der Waals surface area contributed by atoms with Crippen LogP contribution in [0.15, 0.2) is 23.7 Å². The number of fused-ring (bicyclic) bond motifs is 1. The number of likely N-dealkylation sites (N-methyl/N-ethyl adjacent to an activating group) is 1. The fraction of sp³-hybridized carbons (Fsp3) is 0.471. The molecule has 1 aliphatic heterocycles. The van der Waals surface area contributed by atoms with E-state index in [1.807, 2.05) is 17.9 Å². The Kier molecular flexibility index (Phi) is 4.54. The molecule has 8 heteroatoms. The molecule has 1 fully saturated rings. The van der Waals surface area contributed by atoms with Crippen molar-refractivity contribution in [3.8, 4) is 0 Å². The molecule has 0 amide bonds. The van der Waals surface area contributed by atoms with Crippen LogP contribution in [0.25, 0.3) is 11.0 Å². The molecule has 4 heterocycles. The molecule has 3 aromatic heterocycles. The van der Waals surface area contributed by atoms with E-state index in [1.54, 1.807) is 11.3 Å². The predicted molar refractivity (Wildman–Crippen MR) is 103 cm³/mol. The van der Waals surface area contributed by atoms with Crippen molar-refractivity contribution in [2.75, 3.05) is 50.0 Å². The fourth-order valence-corrected chi connectivity index (χ4v) is 3.76. The van der Waals surface area contributed by atoms with Gasteiger partial charge in [0.05, 0.1) is 11.6 Å². The van der Waals surface area contributed by atoms with Crippen molar-refractivity contribution >= 4 is 34.1 Å². The molecule has 0 spiro atoms. The van der Waals surface area contributed by atoms with Gasteiger partial charge in [-0.25, -0.2) is 0 Å². The summed E-state index contributed by atoms with van der Waals surface area (Å²) in [4.78, 5) is 15.5. The predicted octanol–water partition coefficient (Wildman–Crippen LogP) is 1.83. The highest BCUT2D eigenvalue weighted by Crippen LogP contribution is 2.24. The van der Waals surface area contributed by atoms with Gasteiger partial charge in [0.2, 0.25) is 5.95 Å². The second-order valence-electron chi connectivity index (χ2n) is 6.42. The van der Waals surface area contributed by atoms with Crippen molar-refractivity contribution in [3.63, 3.8) is 0 Å². The van der Waals surface area contributed by atoms with Crippen LogP contribution in [0.5, 0.6) is 0 Å². The zero-order valence-corrected chi connectivity index (χ0v) is 15.5. The molecule has 132 valence electrons. The lowest BCUT2D eigenvalue weighted by atomic mass is 10.3. The molecule has 1 aliphatic rings. The summed E-state index contributed by atoms with van der Waals surface area (Å²) in [6.07, 6.45) is 2.84. The Morgan fingerprint density at radius 3 is 2.76 bits per heavy atom. The molecule has 0 bridgehead atoms. The van der Waals surface area contributed by atoms with Crippen LogP contribution in [0.2, 0.25) is 0 Å². The van der Waals surface area contributed by atoms with Gasteiger partial charge >= 0.3 is 0 Å². The van der Waals surface area contributed by atoms with Gasteiger partial charge < -0.3 is 15.1 Å². The number of thiophene rings is 1. The topological polar surface area (TPSA) is 62.1 Å². The first kappa shape index (κ1) is 16.3. The van der Waals surface area contributed by atoms with E-state index in [4.69, 9.17) is 9.97 Å². The largest absolute Gasteiger partial charge is 0.369 e. The Balaban J connectivity index is 1.58. The van der Waals surface area contributed by atoms with Gasteiger partial charge in [-0.2, -0.15) is 15.1 Å². The maximum absolute atomic E-state index is 4.82. The quantitative estimate of drug-likeness (QED) is 0.752. The first-order valence-electron chi connectivity index (χ1n) is 8.60. The molecule has 0 unspecified atom stereocenters. The molecule has 0 radical (unpaired) electrons. The van der Waals surface area contributed by atoms with E-state index in [1.165, 1.54) is 4.88 Å². The normalized spacial score (nSPS) is 15.8. The monoisotopic (exact) mass is 357 g/mol. The van der Waals surface area contributed by atoms with Crippen LogP contribution in [0.3, 0.4) is 0 Å². The maximum Gasteiger partial charge on any atom is 0.229 e. The van der Waals surface area contributed by atoms with Crippen molar-refractivity contribution in [2.24, 2.45) is 7.05 Å². The number of nitrogens with one attached hydrogen (secondary N) is 1. The van der Waals surface area contributed by atoms with Gasteiger partial charge in [-0.15, -0.1) is 11.3 Å². The lowest BCUT2D eigenvalue weighted by molar-refractivity contribution is 0.311. The molecular formula is C17H23N7S. The maximum atomic E-state index is 4.82.